The van der Waals surface area contributed by atoms with Crippen LogP contribution in [-0.4, -0.2) is 37.2 Å². The van der Waals surface area contributed by atoms with Gasteiger partial charge in [-0.15, -0.1) is 0 Å². The maximum Gasteiger partial charge on any atom is 0.306 e. The summed E-state index contributed by atoms with van der Waals surface area (Å²) in [5.41, 5.74) is 0. The normalized spacial score (nSPS) is 12.4. The molecule has 0 aliphatic heterocycles. The molecule has 0 aromatic rings. The number of carbonyl (C=O) groups is 3. The van der Waals surface area contributed by atoms with Crippen LogP contribution < -0.4 is 0 Å². The summed E-state index contributed by atoms with van der Waals surface area (Å²) in [6, 6.07) is 0. The van der Waals surface area contributed by atoms with E-state index in [1.807, 2.05) is 12.2 Å². The third kappa shape index (κ3) is 44.5. The van der Waals surface area contributed by atoms with E-state index >= 15 is 0 Å². The highest BCUT2D eigenvalue weighted by Crippen LogP contribution is 2.14. The van der Waals surface area contributed by atoms with Crippen LogP contribution in [0.4, 0.5) is 0 Å². The van der Waals surface area contributed by atoms with E-state index in [1.54, 1.807) is 0 Å². The van der Waals surface area contributed by atoms with Crippen LogP contribution in [0.2, 0.25) is 0 Å². The first kappa shape index (κ1) is 55.4. The molecule has 0 aliphatic carbocycles. The Labute approximate surface area is 358 Å². The highest BCUT2D eigenvalue weighted by molar-refractivity contribution is 5.71. The van der Waals surface area contributed by atoms with Gasteiger partial charge in [-0.1, -0.05) is 217 Å². The van der Waals surface area contributed by atoms with Gasteiger partial charge >= 0.3 is 17.9 Å². The molecule has 0 aromatic carbocycles. The molecular formula is C52H92O6. The van der Waals surface area contributed by atoms with E-state index in [0.29, 0.717) is 19.3 Å². The van der Waals surface area contributed by atoms with E-state index in [-0.39, 0.29) is 44.0 Å². The second-order valence-corrected chi connectivity index (χ2v) is 16.4. The fourth-order valence-corrected chi connectivity index (χ4v) is 6.84. The molecule has 58 heavy (non-hydrogen) atoms. The van der Waals surface area contributed by atoms with Gasteiger partial charge in [0, 0.05) is 19.3 Å². The minimum absolute atomic E-state index is 0.110. The van der Waals surface area contributed by atoms with Crippen molar-refractivity contribution < 1.29 is 28.6 Å². The number of esters is 3. The van der Waals surface area contributed by atoms with Crippen LogP contribution in [-0.2, 0) is 28.6 Å². The maximum absolute atomic E-state index is 12.7. The van der Waals surface area contributed by atoms with Crippen LogP contribution in [0.3, 0.4) is 0 Å². The fourth-order valence-electron chi connectivity index (χ4n) is 6.84. The minimum Gasteiger partial charge on any atom is -0.462 e. The number of ether oxygens (including phenoxy) is 3. The van der Waals surface area contributed by atoms with Gasteiger partial charge < -0.3 is 14.2 Å². The predicted octanol–water partition coefficient (Wildman–Crippen LogP) is 15.9. The zero-order valence-corrected chi connectivity index (χ0v) is 38.3. The highest BCUT2D eigenvalue weighted by atomic mass is 16.6. The Morgan fingerprint density at radius 3 is 1.05 bits per heavy atom. The standard InChI is InChI=1S/C52H92O6/c1-4-7-10-13-16-19-22-25-28-30-33-36-39-42-45-51(54)57-48-49(58-52(55)46-43-40-37-34-31-27-24-21-18-15-12-9-6-3)47-56-50(53)44-41-38-35-32-29-26-23-20-17-14-11-8-5-2/h26-27,29,31,35,37-38,40,49H,4-25,28,30,32-34,36,39,41-48H2,1-3H3/b29-26-,31-27-,38-35-,40-37-. The SMILES string of the molecule is CCCCCCCC/C=C\C/C=C\CCC(=O)OCC(COC(=O)CCCCCCCCCCCCCCCC)OC(=O)CC/C=C\C/C=C\CCCCCCCC. The molecule has 0 heterocycles. The van der Waals surface area contributed by atoms with Crippen LogP contribution >= 0.6 is 0 Å². The first-order valence-electron chi connectivity index (χ1n) is 24.6. The van der Waals surface area contributed by atoms with E-state index in [2.05, 4.69) is 57.2 Å². The molecule has 0 saturated carbocycles. The molecule has 0 fully saturated rings. The summed E-state index contributed by atoms with van der Waals surface area (Å²) < 4.78 is 16.6. The zero-order chi connectivity index (χ0) is 42.3. The Morgan fingerprint density at radius 1 is 0.345 bits per heavy atom. The summed E-state index contributed by atoms with van der Waals surface area (Å²) >= 11 is 0. The van der Waals surface area contributed by atoms with Crippen LogP contribution in [0.5, 0.6) is 0 Å². The Balaban J connectivity index is 4.49. The molecule has 0 aliphatic rings. The Kier molecular flexibility index (Phi) is 44.9. The Morgan fingerprint density at radius 2 is 0.655 bits per heavy atom. The quantitative estimate of drug-likeness (QED) is 0.0264. The average molecular weight is 813 g/mol. The second kappa shape index (κ2) is 47.1. The van der Waals surface area contributed by atoms with Crippen LogP contribution in [0.25, 0.3) is 0 Å². The topological polar surface area (TPSA) is 78.9 Å². The summed E-state index contributed by atoms with van der Waals surface area (Å²) in [6.07, 6.45) is 55.5. The fraction of sp³-hybridized carbons (Fsp3) is 0.788. The highest BCUT2D eigenvalue weighted by Gasteiger charge is 2.19. The van der Waals surface area contributed by atoms with Crippen molar-refractivity contribution in [2.45, 2.75) is 252 Å². The summed E-state index contributed by atoms with van der Waals surface area (Å²) in [4.78, 5) is 37.8. The summed E-state index contributed by atoms with van der Waals surface area (Å²) in [5.74, 6) is -1.05. The van der Waals surface area contributed by atoms with Crippen molar-refractivity contribution >= 4 is 17.9 Å². The van der Waals surface area contributed by atoms with Crippen molar-refractivity contribution in [1.82, 2.24) is 0 Å². The van der Waals surface area contributed by atoms with Crippen molar-refractivity contribution in [2.75, 3.05) is 13.2 Å². The van der Waals surface area contributed by atoms with Crippen molar-refractivity contribution in [3.8, 4) is 0 Å². The number of hydrogen-bond donors (Lipinski definition) is 0. The van der Waals surface area contributed by atoms with Gasteiger partial charge in [0.2, 0.25) is 0 Å². The van der Waals surface area contributed by atoms with Gasteiger partial charge in [0.25, 0.3) is 0 Å². The number of hydrogen-bond acceptors (Lipinski definition) is 6. The molecular weight excluding hydrogens is 721 g/mol. The van der Waals surface area contributed by atoms with Crippen molar-refractivity contribution in [3.63, 3.8) is 0 Å². The summed E-state index contributed by atoms with van der Waals surface area (Å²) in [6.45, 7) is 6.52. The van der Waals surface area contributed by atoms with E-state index in [4.69, 9.17) is 14.2 Å². The smallest absolute Gasteiger partial charge is 0.306 e. The Bertz CT molecular complexity index is 1030. The molecule has 6 nitrogen and oxygen atoms in total. The molecule has 0 saturated heterocycles. The molecule has 0 aromatic heterocycles. The lowest BCUT2D eigenvalue weighted by Gasteiger charge is -2.18. The van der Waals surface area contributed by atoms with Gasteiger partial charge in [-0.3, -0.25) is 14.4 Å². The zero-order valence-electron chi connectivity index (χ0n) is 38.3. The van der Waals surface area contributed by atoms with Gasteiger partial charge in [-0.25, -0.2) is 0 Å². The molecule has 336 valence electrons. The monoisotopic (exact) mass is 813 g/mol. The largest absolute Gasteiger partial charge is 0.462 e. The molecule has 0 spiro atoms. The number of unbranched alkanes of at least 4 members (excludes halogenated alkanes) is 25. The molecule has 1 atom stereocenters. The molecule has 0 radical (unpaired) electrons. The van der Waals surface area contributed by atoms with E-state index in [9.17, 15) is 14.4 Å². The van der Waals surface area contributed by atoms with Crippen LogP contribution in [0.1, 0.15) is 245 Å². The molecule has 0 bridgehead atoms. The average Bonchev–Trinajstić information content (AvgIpc) is 3.22. The molecule has 6 heteroatoms. The molecule has 0 rings (SSSR count). The van der Waals surface area contributed by atoms with E-state index in [0.717, 1.165) is 44.9 Å². The molecule has 0 N–H and O–H groups in total. The van der Waals surface area contributed by atoms with Gasteiger partial charge in [0.1, 0.15) is 13.2 Å². The second-order valence-electron chi connectivity index (χ2n) is 16.4. The lowest BCUT2D eigenvalue weighted by atomic mass is 10.0. The molecule has 0 amide bonds. The van der Waals surface area contributed by atoms with Gasteiger partial charge in [0.15, 0.2) is 6.10 Å². The third-order valence-corrected chi connectivity index (χ3v) is 10.6. The van der Waals surface area contributed by atoms with Crippen LogP contribution in [0, 0.1) is 0 Å². The van der Waals surface area contributed by atoms with Crippen molar-refractivity contribution in [3.05, 3.63) is 48.6 Å². The lowest BCUT2D eigenvalue weighted by molar-refractivity contribution is -0.166. The van der Waals surface area contributed by atoms with E-state index in [1.165, 1.54) is 148 Å². The van der Waals surface area contributed by atoms with Gasteiger partial charge in [-0.2, -0.15) is 0 Å². The van der Waals surface area contributed by atoms with E-state index < -0.39 is 6.10 Å². The van der Waals surface area contributed by atoms with Crippen LogP contribution in [0.15, 0.2) is 48.6 Å². The minimum atomic E-state index is -0.821. The molecule has 1 unspecified atom stereocenters. The predicted molar refractivity (Wildman–Crippen MR) is 247 cm³/mol. The maximum atomic E-state index is 12.7. The van der Waals surface area contributed by atoms with Crippen molar-refractivity contribution in [2.24, 2.45) is 0 Å². The number of rotatable bonds is 44. The van der Waals surface area contributed by atoms with Crippen molar-refractivity contribution in [1.29, 1.82) is 0 Å². The Hall–Kier alpha value is -2.63. The number of allylic oxidation sites excluding steroid dienone is 8. The lowest BCUT2D eigenvalue weighted by Crippen LogP contribution is -2.30. The summed E-state index contributed by atoms with van der Waals surface area (Å²) in [5, 5.41) is 0. The number of carbonyl (C=O) groups excluding carboxylic acids is 3. The first-order chi connectivity index (χ1) is 28.5. The third-order valence-electron chi connectivity index (χ3n) is 10.6. The van der Waals surface area contributed by atoms with Gasteiger partial charge in [0.05, 0.1) is 0 Å². The van der Waals surface area contributed by atoms with Gasteiger partial charge in [-0.05, 0) is 57.8 Å². The summed E-state index contributed by atoms with van der Waals surface area (Å²) in [7, 11) is 0. The first-order valence-corrected chi connectivity index (χ1v) is 24.6.